The lowest BCUT2D eigenvalue weighted by atomic mass is 9.89. The molecule has 0 spiro atoms. The van der Waals surface area contributed by atoms with E-state index in [-0.39, 0.29) is 0 Å². The fourth-order valence-electron chi connectivity index (χ4n) is 3.16. The molecule has 1 unspecified atom stereocenters. The van der Waals surface area contributed by atoms with Crippen molar-refractivity contribution in [2.45, 2.75) is 18.4 Å². The Balaban J connectivity index is 1.65. The molecule has 4 aromatic rings. The molecule has 0 saturated carbocycles. The highest BCUT2D eigenvalue weighted by atomic mass is 19.3. The van der Waals surface area contributed by atoms with E-state index < -0.39 is 47.1 Å². The largest absolute Gasteiger partial charge is 0.298 e. The second-order valence-corrected chi connectivity index (χ2v) is 7.06. The predicted molar refractivity (Wildman–Crippen MR) is 107 cm³/mol. The van der Waals surface area contributed by atoms with Gasteiger partial charge < -0.3 is 0 Å². The third-order valence-corrected chi connectivity index (χ3v) is 4.84. The van der Waals surface area contributed by atoms with E-state index >= 15 is 8.78 Å². The molecule has 0 aliphatic carbocycles. The van der Waals surface area contributed by atoms with E-state index in [1.165, 1.54) is 30.3 Å². The molecular formula is C23H14F5N5. The third kappa shape index (κ3) is 5.03. The monoisotopic (exact) mass is 455 g/mol. The molecule has 2 aromatic heterocycles. The first-order chi connectivity index (χ1) is 15.8. The van der Waals surface area contributed by atoms with Crippen LogP contribution in [0.25, 0.3) is 0 Å². The molecule has 33 heavy (non-hydrogen) atoms. The Morgan fingerprint density at radius 2 is 1.58 bits per heavy atom. The zero-order chi connectivity index (χ0) is 23.4. The highest BCUT2D eigenvalue weighted by Crippen LogP contribution is 2.43. The Kier molecular flexibility index (Phi) is 6.13. The summed E-state index contributed by atoms with van der Waals surface area (Å²) in [6.07, 6.45) is 2.28. The number of aromatic nitrogens is 5. The second kappa shape index (κ2) is 9.16. The van der Waals surface area contributed by atoms with Crippen molar-refractivity contribution >= 4 is 0 Å². The minimum absolute atomic E-state index is 0.351. The van der Waals surface area contributed by atoms with Crippen LogP contribution in [0.3, 0.4) is 0 Å². The molecule has 2 heterocycles. The number of pyridine rings is 1. The molecule has 0 aliphatic rings. The highest BCUT2D eigenvalue weighted by molar-refractivity contribution is 5.42. The van der Waals surface area contributed by atoms with Gasteiger partial charge in [0.1, 0.15) is 29.5 Å². The van der Waals surface area contributed by atoms with E-state index in [0.29, 0.717) is 17.2 Å². The van der Waals surface area contributed by atoms with Gasteiger partial charge in [0.25, 0.3) is 5.92 Å². The molecule has 1 atom stereocenters. The lowest BCUT2D eigenvalue weighted by molar-refractivity contribution is -0.0455. The van der Waals surface area contributed by atoms with Gasteiger partial charge in [-0.25, -0.2) is 17.9 Å². The summed E-state index contributed by atoms with van der Waals surface area (Å²) in [5.41, 5.74) is -0.140. The van der Waals surface area contributed by atoms with Crippen molar-refractivity contribution in [2.75, 3.05) is 0 Å². The van der Waals surface area contributed by atoms with Crippen molar-refractivity contribution in [2.24, 2.45) is 0 Å². The summed E-state index contributed by atoms with van der Waals surface area (Å²) in [6, 6.07) is 10.3. The van der Waals surface area contributed by atoms with Crippen molar-refractivity contribution in [3.63, 3.8) is 0 Å². The quantitative estimate of drug-likeness (QED) is 0.329. The minimum Gasteiger partial charge on any atom is -0.254 e. The SMILES string of the molecule is Fc1ccc(C#Cc2ccc(C(F)(F)C(Cn3cnnn3)c3ccc(F)cc3F)nc2)cc1. The summed E-state index contributed by atoms with van der Waals surface area (Å²) in [5.74, 6) is -2.29. The van der Waals surface area contributed by atoms with Crippen LogP contribution in [-0.4, -0.2) is 25.2 Å². The van der Waals surface area contributed by atoms with E-state index in [4.69, 9.17) is 0 Å². The first kappa shape index (κ1) is 22.1. The standard InChI is InChI=1S/C23H14F5N5/c24-17-6-3-15(4-7-17)1-2-16-5-10-22(29-12-16)23(27,28)20(13-33-14-30-31-32-33)19-9-8-18(25)11-21(19)26/h3-12,14,20H,13H2. The lowest BCUT2D eigenvalue weighted by Gasteiger charge is -2.27. The third-order valence-electron chi connectivity index (χ3n) is 4.84. The number of halogens is 5. The Morgan fingerprint density at radius 3 is 2.21 bits per heavy atom. The predicted octanol–water partition coefficient (Wildman–Crippen LogP) is 4.46. The number of hydrogen-bond donors (Lipinski definition) is 0. The average Bonchev–Trinajstić information content (AvgIpc) is 3.31. The Hall–Kier alpha value is -4.13. The van der Waals surface area contributed by atoms with Crippen molar-refractivity contribution in [1.82, 2.24) is 25.2 Å². The number of nitrogens with zero attached hydrogens (tertiary/aromatic N) is 5. The number of alkyl halides is 2. The molecule has 5 nitrogen and oxygen atoms in total. The smallest absolute Gasteiger partial charge is 0.254 e. The molecule has 4 rings (SSSR count). The van der Waals surface area contributed by atoms with Crippen molar-refractivity contribution in [3.8, 4) is 11.8 Å². The zero-order valence-corrected chi connectivity index (χ0v) is 16.8. The topological polar surface area (TPSA) is 56.5 Å². The lowest BCUT2D eigenvalue weighted by Crippen LogP contribution is -2.30. The molecule has 0 fully saturated rings. The van der Waals surface area contributed by atoms with Gasteiger partial charge in [-0.2, -0.15) is 8.78 Å². The maximum absolute atomic E-state index is 15.5. The highest BCUT2D eigenvalue weighted by Gasteiger charge is 2.45. The first-order valence-corrected chi connectivity index (χ1v) is 9.60. The van der Waals surface area contributed by atoms with Crippen LogP contribution in [0.15, 0.2) is 67.1 Å². The van der Waals surface area contributed by atoms with Crippen LogP contribution >= 0.6 is 0 Å². The summed E-state index contributed by atoms with van der Waals surface area (Å²) < 4.78 is 72.8. The fourth-order valence-corrected chi connectivity index (χ4v) is 3.16. The van der Waals surface area contributed by atoms with Crippen molar-refractivity contribution in [3.05, 3.63) is 107 Å². The fraction of sp³-hybridized carbons (Fsp3) is 0.130. The summed E-state index contributed by atoms with van der Waals surface area (Å²) >= 11 is 0. The number of rotatable bonds is 5. The Bertz CT molecular complexity index is 1290. The molecule has 0 radical (unpaired) electrons. The van der Waals surface area contributed by atoms with Gasteiger partial charge in [-0.1, -0.05) is 17.9 Å². The molecule has 0 bridgehead atoms. The van der Waals surface area contributed by atoms with Gasteiger partial charge in [0.15, 0.2) is 0 Å². The zero-order valence-electron chi connectivity index (χ0n) is 16.8. The molecular weight excluding hydrogens is 441 g/mol. The molecule has 166 valence electrons. The van der Waals surface area contributed by atoms with Gasteiger partial charge in [-0.3, -0.25) is 4.98 Å². The molecule has 0 aliphatic heterocycles. The van der Waals surface area contributed by atoms with Gasteiger partial charge >= 0.3 is 0 Å². The molecule has 0 N–H and O–H groups in total. The molecule has 0 amide bonds. The first-order valence-electron chi connectivity index (χ1n) is 9.60. The van der Waals surface area contributed by atoms with Crippen molar-refractivity contribution in [1.29, 1.82) is 0 Å². The summed E-state index contributed by atoms with van der Waals surface area (Å²) in [7, 11) is 0. The van der Waals surface area contributed by atoms with Crippen LogP contribution in [0.1, 0.15) is 28.3 Å². The Labute approximate surface area is 184 Å². The van der Waals surface area contributed by atoms with E-state index in [1.54, 1.807) is 0 Å². The van der Waals surface area contributed by atoms with Gasteiger partial charge in [-0.05, 0) is 58.5 Å². The summed E-state index contributed by atoms with van der Waals surface area (Å²) in [4.78, 5) is 3.83. The maximum Gasteiger partial charge on any atom is 0.298 e. The summed E-state index contributed by atoms with van der Waals surface area (Å²) in [5, 5.41) is 10.4. The summed E-state index contributed by atoms with van der Waals surface area (Å²) in [6.45, 7) is -0.476. The van der Waals surface area contributed by atoms with Crippen LogP contribution in [0.4, 0.5) is 22.0 Å². The van der Waals surface area contributed by atoms with Crippen LogP contribution in [0, 0.1) is 29.3 Å². The van der Waals surface area contributed by atoms with E-state index in [9.17, 15) is 13.2 Å². The van der Waals surface area contributed by atoms with E-state index in [1.807, 2.05) is 0 Å². The van der Waals surface area contributed by atoms with Crippen LogP contribution in [0.5, 0.6) is 0 Å². The van der Waals surface area contributed by atoms with E-state index in [0.717, 1.165) is 35.4 Å². The second-order valence-electron chi connectivity index (χ2n) is 7.06. The number of tetrazole rings is 1. The molecule has 0 saturated heterocycles. The van der Waals surface area contributed by atoms with Crippen LogP contribution in [0.2, 0.25) is 0 Å². The van der Waals surface area contributed by atoms with Gasteiger partial charge in [-0.15, -0.1) is 5.10 Å². The Morgan fingerprint density at radius 1 is 0.879 bits per heavy atom. The van der Waals surface area contributed by atoms with Gasteiger partial charge in [0, 0.05) is 23.4 Å². The maximum atomic E-state index is 15.5. The van der Waals surface area contributed by atoms with Gasteiger partial charge in [0.05, 0.1) is 12.5 Å². The average molecular weight is 455 g/mol. The van der Waals surface area contributed by atoms with E-state index in [2.05, 4.69) is 32.4 Å². The van der Waals surface area contributed by atoms with Crippen LogP contribution < -0.4 is 0 Å². The van der Waals surface area contributed by atoms with Crippen LogP contribution in [-0.2, 0) is 12.5 Å². The molecule has 2 aromatic carbocycles. The normalized spacial score (nSPS) is 12.2. The van der Waals surface area contributed by atoms with Gasteiger partial charge in [0.2, 0.25) is 0 Å². The number of hydrogen-bond acceptors (Lipinski definition) is 4. The number of benzene rings is 2. The van der Waals surface area contributed by atoms with Crippen molar-refractivity contribution < 1.29 is 22.0 Å². The minimum atomic E-state index is -3.66. The molecule has 10 heteroatoms.